The molecule has 1 aromatic carbocycles. The van der Waals surface area contributed by atoms with E-state index >= 15 is 0 Å². The first-order valence-corrected chi connectivity index (χ1v) is 6.50. The number of halogens is 2. The van der Waals surface area contributed by atoms with E-state index in [0.717, 1.165) is 11.3 Å². The molecule has 0 aliphatic rings. The van der Waals surface area contributed by atoms with Gasteiger partial charge in [-0.1, -0.05) is 35.3 Å². The lowest BCUT2D eigenvalue weighted by atomic mass is 10.2. The average Bonchev–Trinajstić information content (AvgIpc) is 2.74. The molecule has 0 spiro atoms. The van der Waals surface area contributed by atoms with Crippen LogP contribution in [0.15, 0.2) is 30.5 Å². The predicted molar refractivity (Wildman–Crippen MR) is 72.6 cm³/mol. The van der Waals surface area contributed by atoms with Crippen LogP contribution in [0.1, 0.15) is 11.0 Å². The van der Waals surface area contributed by atoms with Gasteiger partial charge in [-0.3, -0.25) is 0 Å². The number of thiazole rings is 1. The van der Waals surface area contributed by atoms with Crippen LogP contribution < -0.4 is 5.32 Å². The van der Waals surface area contributed by atoms with Crippen LogP contribution in [0.25, 0.3) is 0 Å². The van der Waals surface area contributed by atoms with Crippen molar-refractivity contribution in [3.05, 3.63) is 44.8 Å². The highest BCUT2D eigenvalue weighted by Gasteiger charge is 2.23. The van der Waals surface area contributed by atoms with E-state index in [9.17, 15) is 9.90 Å². The van der Waals surface area contributed by atoms with Gasteiger partial charge in [0.2, 0.25) is 0 Å². The summed E-state index contributed by atoms with van der Waals surface area (Å²) in [5.74, 6) is -1.04. The number of aromatic nitrogens is 1. The van der Waals surface area contributed by atoms with E-state index in [1.54, 1.807) is 24.3 Å². The third-order valence-corrected chi connectivity index (χ3v) is 3.67. The van der Waals surface area contributed by atoms with Crippen LogP contribution in [0, 0.1) is 0 Å². The number of para-hydroxylation sites is 1. The van der Waals surface area contributed by atoms with Gasteiger partial charge in [-0.25, -0.2) is 9.78 Å². The number of carboxylic acid groups (broad SMARTS) is 1. The topological polar surface area (TPSA) is 62.2 Å². The van der Waals surface area contributed by atoms with Gasteiger partial charge in [-0.2, -0.15) is 0 Å². The Bertz CT molecular complexity index is 574. The number of nitrogens with zero attached hydrogens (tertiary/aromatic N) is 1. The summed E-state index contributed by atoms with van der Waals surface area (Å²) in [6, 6.07) is 5.94. The molecular formula is C11H8Cl2N2O2S. The van der Waals surface area contributed by atoms with Gasteiger partial charge in [-0.15, -0.1) is 11.3 Å². The lowest BCUT2D eigenvalue weighted by molar-refractivity contribution is -0.138. The van der Waals surface area contributed by atoms with Gasteiger partial charge in [0, 0.05) is 0 Å². The highest BCUT2D eigenvalue weighted by Crippen LogP contribution is 2.29. The normalized spacial score (nSPS) is 12.1. The number of hydrogen-bond acceptors (Lipinski definition) is 4. The Morgan fingerprint density at radius 1 is 1.39 bits per heavy atom. The quantitative estimate of drug-likeness (QED) is 0.904. The van der Waals surface area contributed by atoms with Crippen LogP contribution in [-0.4, -0.2) is 16.1 Å². The van der Waals surface area contributed by atoms with Crippen molar-refractivity contribution in [3.63, 3.8) is 0 Å². The van der Waals surface area contributed by atoms with Crippen molar-refractivity contribution in [2.45, 2.75) is 6.04 Å². The van der Waals surface area contributed by atoms with Crippen LogP contribution in [0.2, 0.25) is 9.36 Å². The summed E-state index contributed by atoms with van der Waals surface area (Å²) >= 11 is 12.8. The van der Waals surface area contributed by atoms with E-state index in [1.165, 1.54) is 6.20 Å². The summed E-state index contributed by atoms with van der Waals surface area (Å²) in [6.45, 7) is 0. The number of anilines is 1. The average molecular weight is 303 g/mol. The van der Waals surface area contributed by atoms with Crippen molar-refractivity contribution >= 4 is 46.2 Å². The maximum Gasteiger partial charge on any atom is 0.333 e. The Hall–Kier alpha value is -1.30. The summed E-state index contributed by atoms with van der Waals surface area (Å²) in [5, 5.41) is 12.9. The molecule has 0 aliphatic carbocycles. The third-order valence-electron chi connectivity index (χ3n) is 2.16. The number of benzene rings is 1. The number of rotatable bonds is 4. The van der Waals surface area contributed by atoms with Crippen molar-refractivity contribution in [2.75, 3.05) is 5.32 Å². The minimum atomic E-state index is -1.04. The molecule has 7 heteroatoms. The van der Waals surface area contributed by atoms with Crippen molar-refractivity contribution in [1.82, 2.24) is 4.98 Å². The van der Waals surface area contributed by atoms with Gasteiger partial charge in [0.1, 0.15) is 9.34 Å². The largest absolute Gasteiger partial charge is 0.479 e. The van der Waals surface area contributed by atoms with Gasteiger partial charge in [-0.05, 0) is 12.1 Å². The molecule has 0 aliphatic heterocycles. The molecule has 4 nitrogen and oxygen atoms in total. The lowest BCUT2D eigenvalue weighted by Gasteiger charge is -2.14. The lowest BCUT2D eigenvalue weighted by Crippen LogP contribution is -2.20. The monoisotopic (exact) mass is 302 g/mol. The molecule has 1 heterocycles. The van der Waals surface area contributed by atoms with E-state index in [1.807, 2.05) is 0 Å². The molecular weight excluding hydrogens is 295 g/mol. The first-order valence-electron chi connectivity index (χ1n) is 4.93. The molecule has 1 atom stereocenters. The zero-order chi connectivity index (χ0) is 13.1. The summed E-state index contributed by atoms with van der Waals surface area (Å²) in [7, 11) is 0. The second-order valence-electron chi connectivity index (χ2n) is 3.40. The van der Waals surface area contributed by atoms with E-state index in [0.29, 0.717) is 20.1 Å². The van der Waals surface area contributed by atoms with Crippen molar-refractivity contribution in [2.24, 2.45) is 0 Å². The Morgan fingerprint density at radius 3 is 2.67 bits per heavy atom. The van der Waals surface area contributed by atoms with Crippen molar-refractivity contribution < 1.29 is 9.90 Å². The van der Waals surface area contributed by atoms with Crippen molar-refractivity contribution in [3.8, 4) is 0 Å². The molecule has 1 unspecified atom stereocenters. The molecule has 18 heavy (non-hydrogen) atoms. The standard InChI is InChI=1S/C11H8Cl2N2O2S/c12-6-3-1-2-4-7(6)15-9(11(16)17)10-14-5-8(13)18-10/h1-5,9,15H,(H,16,17). The fourth-order valence-electron chi connectivity index (χ4n) is 1.36. The van der Waals surface area contributed by atoms with E-state index < -0.39 is 12.0 Å². The summed E-state index contributed by atoms with van der Waals surface area (Å²) < 4.78 is 0.442. The van der Waals surface area contributed by atoms with Gasteiger partial charge in [0.05, 0.1) is 16.9 Å². The van der Waals surface area contributed by atoms with Crippen LogP contribution in [0.3, 0.4) is 0 Å². The Labute approximate surface area is 117 Å². The number of hydrogen-bond donors (Lipinski definition) is 2. The van der Waals surface area contributed by atoms with Gasteiger partial charge in [0.15, 0.2) is 6.04 Å². The van der Waals surface area contributed by atoms with E-state index in [2.05, 4.69) is 10.3 Å². The number of carbonyl (C=O) groups is 1. The minimum Gasteiger partial charge on any atom is -0.479 e. The second-order valence-corrected chi connectivity index (χ2v) is 5.50. The maximum atomic E-state index is 11.2. The van der Waals surface area contributed by atoms with Crippen LogP contribution in [0.4, 0.5) is 5.69 Å². The highest BCUT2D eigenvalue weighted by molar-refractivity contribution is 7.16. The number of aliphatic carboxylic acids is 1. The maximum absolute atomic E-state index is 11.2. The summed E-state index contributed by atoms with van der Waals surface area (Å²) in [6.07, 6.45) is 1.42. The smallest absolute Gasteiger partial charge is 0.333 e. The summed E-state index contributed by atoms with van der Waals surface area (Å²) in [4.78, 5) is 15.2. The zero-order valence-corrected chi connectivity index (χ0v) is 11.3. The highest BCUT2D eigenvalue weighted by atomic mass is 35.5. The van der Waals surface area contributed by atoms with Crippen LogP contribution in [-0.2, 0) is 4.79 Å². The Kier molecular flexibility index (Phi) is 4.06. The van der Waals surface area contributed by atoms with E-state index in [-0.39, 0.29) is 0 Å². The molecule has 0 saturated heterocycles. The fraction of sp³-hybridized carbons (Fsp3) is 0.0909. The zero-order valence-electron chi connectivity index (χ0n) is 8.93. The molecule has 0 saturated carbocycles. The van der Waals surface area contributed by atoms with E-state index in [4.69, 9.17) is 23.2 Å². The predicted octanol–water partition coefficient (Wildman–Crippen LogP) is 3.69. The van der Waals surface area contributed by atoms with Gasteiger partial charge in [0.25, 0.3) is 0 Å². The van der Waals surface area contributed by atoms with Crippen LogP contribution in [0.5, 0.6) is 0 Å². The van der Waals surface area contributed by atoms with Crippen LogP contribution >= 0.6 is 34.5 Å². The molecule has 2 N–H and O–H groups in total. The Morgan fingerprint density at radius 2 is 2.11 bits per heavy atom. The first kappa shape index (κ1) is 13.1. The second kappa shape index (κ2) is 5.56. The van der Waals surface area contributed by atoms with Crippen molar-refractivity contribution in [1.29, 1.82) is 0 Å². The molecule has 0 bridgehead atoms. The fourth-order valence-corrected chi connectivity index (χ4v) is 2.53. The molecule has 0 radical (unpaired) electrons. The van der Waals surface area contributed by atoms with Gasteiger partial charge < -0.3 is 10.4 Å². The molecule has 2 aromatic rings. The Balaban J connectivity index is 2.28. The molecule has 0 fully saturated rings. The number of carboxylic acids is 1. The number of nitrogens with one attached hydrogen (secondary N) is 1. The molecule has 1 aromatic heterocycles. The SMILES string of the molecule is O=C(O)C(Nc1ccccc1Cl)c1ncc(Cl)s1. The first-order chi connectivity index (χ1) is 8.58. The minimum absolute atomic E-state index is 0.382. The van der Waals surface area contributed by atoms with Gasteiger partial charge >= 0.3 is 5.97 Å². The summed E-state index contributed by atoms with van der Waals surface area (Å²) in [5.41, 5.74) is 0.540. The molecule has 0 amide bonds. The molecule has 2 rings (SSSR count). The third kappa shape index (κ3) is 2.93. The molecule has 94 valence electrons.